The van der Waals surface area contributed by atoms with Crippen LogP contribution in [-0.4, -0.2) is 15.9 Å². The third-order valence-electron chi connectivity index (χ3n) is 4.12. The second kappa shape index (κ2) is 8.18. The van der Waals surface area contributed by atoms with Gasteiger partial charge in [0.25, 0.3) is 5.91 Å². The van der Waals surface area contributed by atoms with Crippen molar-refractivity contribution in [1.29, 1.82) is 0 Å². The molecule has 0 fully saturated rings. The van der Waals surface area contributed by atoms with Gasteiger partial charge in [-0.2, -0.15) is 0 Å². The highest BCUT2D eigenvalue weighted by atomic mass is 35.5. The fourth-order valence-electron chi connectivity index (χ4n) is 2.80. The normalized spacial score (nSPS) is 10.5. The number of hydrogen-bond acceptors (Lipinski definition) is 4. The van der Waals surface area contributed by atoms with Crippen LogP contribution in [0.2, 0.25) is 5.02 Å². The summed E-state index contributed by atoms with van der Waals surface area (Å²) in [5.41, 5.74) is 5.27. The first kappa shape index (κ1) is 18.9. The summed E-state index contributed by atoms with van der Waals surface area (Å²) < 4.78 is 0. The van der Waals surface area contributed by atoms with Crippen LogP contribution in [-0.2, 0) is 6.54 Å². The Bertz CT molecular complexity index is 947. The molecule has 0 aliphatic heterocycles. The highest BCUT2D eigenvalue weighted by molar-refractivity contribution is 6.34. The summed E-state index contributed by atoms with van der Waals surface area (Å²) in [7, 11) is 0. The van der Waals surface area contributed by atoms with Crippen molar-refractivity contribution >= 4 is 29.1 Å². The lowest BCUT2D eigenvalue weighted by Gasteiger charge is -2.11. The lowest BCUT2D eigenvalue weighted by atomic mass is 10.1. The van der Waals surface area contributed by atoms with Gasteiger partial charge in [0.1, 0.15) is 0 Å². The van der Waals surface area contributed by atoms with Gasteiger partial charge in [0.2, 0.25) is 5.95 Å². The number of halogens is 1. The monoisotopic (exact) mass is 380 g/mol. The molecule has 0 aliphatic rings. The third-order valence-corrected chi connectivity index (χ3v) is 4.42. The highest BCUT2D eigenvalue weighted by Crippen LogP contribution is 2.27. The van der Waals surface area contributed by atoms with Crippen LogP contribution in [0.25, 0.3) is 0 Å². The van der Waals surface area contributed by atoms with E-state index in [1.54, 1.807) is 0 Å². The maximum absolute atomic E-state index is 12.5. The Labute approximate surface area is 163 Å². The number of carbonyl (C=O) groups excluding carboxylic acids is 1. The van der Waals surface area contributed by atoms with Gasteiger partial charge < -0.3 is 10.6 Å². The number of benzene rings is 2. The van der Waals surface area contributed by atoms with Gasteiger partial charge in [-0.3, -0.25) is 4.79 Å². The number of anilines is 2. The summed E-state index contributed by atoms with van der Waals surface area (Å²) in [4.78, 5) is 20.9. The molecule has 138 valence electrons. The van der Waals surface area contributed by atoms with Gasteiger partial charge in [-0.05, 0) is 43.5 Å². The predicted octanol–water partition coefficient (Wildman–Crippen LogP) is 4.92. The molecule has 3 rings (SSSR count). The van der Waals surface area contributed by atoms with Crippen molar-refractivity contribution in [3.8, 4) is 0 Å². The summed E-state index contributed by atoms with van der Waals surface area (Å²) in [6.07, 6.45) is 3.00. The predicted molar refractivity (Wildman–Crippen MR) is 109 cm³/mol. The molecule has 1 aromatic heterocycles. The summed E-state index contributed by atoms with van der Waals surface area (Å²) >= 11 is 6.25. The van der Waals surface area contributed by atoms with Crippen LogP contribution >= 0.6 is 11.6 Å². The first-order valence-electron chi connectivity index (χ1n) is 8.62. The van der Waals surface area contributed by atoms with Crippen molar-refractivity contribution in [2.24, 2.45) is 0 Å². The molecule has 0 spiro atoms. The van der Waals surface area contributed by atoms with Gasteiger partial charge in [0.15, 0.2) is 0 Å². The molecule has 0 bridgehead atoms. The van der Waals surface area contributed by atoms with Crippen molar-refractivity contribution < 1.29 is 4.79 Å². The molecule has 3 aromatic rings. The average Bonchev–Trinajstić information content (AvgIpc) is 2.63. The van der Waals surface area contributed by atoms with E-state index >= 15 is 0 Å². The SMILES string of the molecule is Cc1cccc(CNc2ncc(C(=O)Nc3c(C)cc(C)cc3Cl)cn2)c1. The Hall–Kier alpha value is -2.92. The quantitative estimate of drug-likeness (QED) is 0.659. The van der Waals surface area contributed by atoms with Crippen LogP contribution in [0, 0.1) is 20.8 Å². The minimum Gasteiger partial charge on any atom is -0.350 e. The van der Waals surface area contributed by atoms with E-state index < -0.39 is 0 Å². The minimum absolute atomic E-state index is 0.297. The number of aryl methyl sites for hydroxylation is 3. The number of aromatic nitrogens is 2. The Morgan fingerprint density at radius 1 is 1.04 bits per heavy atom. The van der Waals surface area contributed by atoms with E-state index in [2.05, 4.69) is 39.7 Å². The lowest BCUT2D eigenvalue weighted by molar-refractivity contribution is 0.102. The Morgan fingerprint density at radius 2 is 1.78 bits per heavy atom. The molecular weight excluding hydrogens is 360 g/mol. The van der Waals surface area contributed by atoms with Gasteiger partial charge in [0.05, 0.1) is 16.3 Å². The van der Waals surface area contributed by atoms with Crippen LogP contribution in [0.1, 0.15) is 32.6 Å². The number of hydrogen-bond donors (Lipinski definition) is 2. The zero-order valence-electron chi connectivity index (χ0n) is 15.5. The number of amides is 1. The standard InChI is InChI=1S/C21H21ClN4O/c1-13-5-4-6-16(8-13)10-23-21-24-11-17(12-25-21)20(27)26-19-15(3)7-14(2)9-18(19)22/h4-9,11-12H,10H2,1-3H3,(H,26,27)(H,23,24,25). The van der Waals surface area contributed by atoms with Crippen LogP contribution in [0.4, 0.5) is 11.6 Å². The minimum atomic E-state index is -0.297. The lowest BCUT2D eigenvalue weighted by Crippen LogP contribution is -2.14. The summed E-state index contributed by atoms with van der Waals surface area (Å²) in [6, 6.07) is 12.0. The van der Waals surface area contributed by atoms with E-state index in [1.165, 1.54) is 18.0 Å². The molecule has 27 heavy (non-hydrogen) atoms. The smallest absolute Gasteiger partial charge is 0.258 e. The number of rotatable bonds is 5. The second-order valence-corrected chi connectivity index (χ2v) is 6.94. The van der Waals surface area contributed by atoms with Crippen LogP contribution in [0.3, 0.4) is 0 Å². The number of carbonyl (C=O) groups is 1. The number of nitrogens with one attached hydrogen (secondary N) is 2. The fourth-order valence-corrected chi connectivity index (χ4v) is 3.17. The van der Waals surface area contributed by atoms with E-state index in [-0.39, 0.29) is 5.91 Å². The Balaban J connectivity index is 1.65. The Morgan fingerprint density at radius 3 is 2.44 bits per heavy atom. The van der Waals surface area contributed by atoms with Crippen molar-refractivity contribution in [2.45, 2.75) is 27.3 Å². The maximum Gasteiger partial charge on any atom is 0.258 e. The summed E-state index contributed by atoms with van der Waals surface area (Å²) in [6.45, 7) is 6.53. The average molecular weight is 381 g/mol. The van der Waals surface area contributed by atoms with E-state index in [0.29, 0.717) is 28.8 Å². The van der Waals surface area contributed by atoms with Gasteiger partial charge >= 0.3 is 0 Å². The zero-order valence-corrected chi connectivity index (χ0v) is 16.3. The van der Waals surface area contributed by atoms with E-state index in [1.807, 2.05) is 38.1 Å². The molecule has 0 saturated carbocycles. The molecule has 1 heterocycles. The first-order chi connectivity index (χ1) is 12.9. The fraction of sp³-hybridized carbons (Fsp3) is 0.190. The zero-order chi connectivity index (χ0) is 19.4. The van der Waals surface area contributed by atoms with Gasteiger partial charge in [0, 0.05) is 18.9 Å². The van der Waals surface area contributed by atoms with Crippen molar-refractivity contribution in [2.75, 3.05) is 10.6 Å². The third kappa shape index (κ3) is 4.83. The number of nitrogens with zero attached hydrogens (tertiary/aromatic N) is 2. The molecule has 1 amide bonds. The van der Waals surface area contributed by atoms with Gasteiger partial charge in [-0.15, -0.1) is 0 Å². The molecule has 6 heteroatoms. The molecule has 2 aromatic carbocycles. The van der Waals surface area contributed by atoms with E-state index in [9.17, 15) is 4.79 Å². The van der Waals surface area contributed by atoms with Crippen molar-refractivity contribution in [3.63, 3.8) is 0 Å². The molecule has 2 N–H and O–H groups in total. The molecule has 5 nitrogen and oxygen atoms in total. The molecular formula is C21H21ClN4O. The molecule has 0 aliphatic carbocycles. The van der Waals surface area contributed by atoms with E-state index in [4.69, 9.17) is 11.6 Å². The molecule has 0 unspecified atom stereocenters. The van der Waals surface area contributed by atoms with Gasteiger partial charge in [-0.1, -0.05) is 47.5 Å². The maximum atomic E-state index is 12.5. The van der Waals surface area contributed by atoms with Crippen molar-refractivity contribution in [3.05, 3.63) is 81.6 Å². The molecule has 0 radical (unpaired) electrons. The van der Waals surface area contributed by atoms with Crippen molar-refractivity contribution in [1.82, 2.24) is 9.97 Å². The summed E-state index contributed by atoms with van der Waals surface area (Å²) in [5.74, 6) is 0.173. The topological polar surface area (TPSA) is 66.9 Å². The molecule has 0 saturated heterocycles. The van der Waals surface area contributed by atoms with Crippen LogP contribution < -0.4 is 10.6 Å². The van der Waals surface area contributed by atoms with Gasteiger partial charge in [-0.25, -0.2) is 9.97 Å². The second-order valence-electron chi connectivity index (χ2n) is 6.53. The highest BCUT2D eigenvalue weighted by Gasteiger charge is 2.12. The Kier molecular flexibility index (Phi) is 5.72. The van der Waals surface area contributed by atoms with Crippen LogP contribution in [0.5, 0.6) is 0 Å². The van der Waals surface area contributed by atoms with Crippen LogP contribution in [0.15, 0.2) is 48.8 Å². The summed E-state index contributed by atoms with van der Waals surface area (Å²) in [5, 5.41) is 6.50. The largest absolute Gasteiger partial charge is 0.350 e. The first-order valence-corrected chi connectivity index (χ1v) is 9.00. The molecule has 0 atom stereocenters. The van der Waals surface area contributed by atoms with E-state index in [0.717, 1.165) is 16.7 Å².